The van der Waals surface area contributed by atoms with Gasteiger partial charge in [0.25, 0.3) is 0 Å². The standard InChI is InChI=1S/C10H11BrFNO/c1-7(11)10(14)13(2)9-5-3-8(12)4-6-9/h3-7H,1-2H3. The zero-order valence-electron chi connectivity index (χ0n) is 8.00. The molecule has 0 saturated carbocycles. The molecule has 0 aliphatic carbocycles. The summed E-state index contributed by atoms with van der Waals surface area (Å²) < 4.78 is 12.6. The minimum Gasteiger partial charge on any atom is -0.315 e. The number of hydrogen-bond acceptors (Lipinski definition) is 1. The zero-order chi connectivity index (χ0) is 10.7. The van der Waals surface area contributed by atoms with Crippen LogP contribution in [0.3, 0.4) is 0 Å². The molecule has 0 heterocycles. The quantitative estimate of drug-likeness (QED) is 0.748. The number of benzene rings is 1. The van der Waals surface area contributed by atoms with Crippen LogP contribution in [0.2, 0.25) is 0 Å². The number of carbonyl (C=O) groups is 1. The second kappa shape index (κ2) is 4.55. The van der Waals surface area contributed by atoms with Gasteiger partial charge < -0.3 is 4.90 Å². The lowest BCUT2D eigenvalue weighted by molar-refractivity contribution is -0.117. The van der Waals surface area contributed by atoms with Crippen molar-refractivity contribution in [1.82, 2.24) is 0 Å². The largest absolute Gasteiger partial charge is 0.315 e. The average molecular weight is 260 g/mol. The van der Waals surface area contributed by atoms with E-state index in [0.29, 0.717) is 5.69 Å². The van der Waals surface area contributed by atoms with E-state index < -0.39 is 0 Å². The number of halogens is 2. The predicted octanol–water partition coefficient (Wildman–Crippen LogP) is 2.57. The van der Waals surface area contributed by atoms with Gasteiger partial charge in [-0.3, -0.25) is 4.79 Å². The highest BCUT2D eigenvalue weighted by Crippen LogP contribution is 2.15. The first-order valence-electron chi connectivity index (χ1n) is 4.19. The van der Waals surface area contributed by atoms with Gasteiger partial charge in [-0.05, 0) is 31.2 Å². The van der Waals surface area contributed by atoms with Gasteiger partial charge in [0, 0.05) is 12.7 Å². The molecule has 0 saturated heterocycles. The molecule has 2 nitrogen and oxygen atoms in total. The molecule has 0 spiro atoms. The summed E-state index contributed by atoms with van der Waals surface area (Å²) in [6, 6.07) is 5.81. The molecular formula is C10H11BrFNO. The van der Waals surface area contributed by atoms with Crippen molar-refractivity contribution in [2.75, 3.05) is 11.9 Å². The number of anilines is 1. The zero-order valence-corrected chi connectivity index (χ0v) is 9.58. The van der Waals surface area contributed by atoms with E-state index in [1.54, 1.807) is 26.1 Å². The van der Waals surface area contributed by atoms with Crippen LogP contribution >= 0.6 is 15.9 Å². The van der Waals surface area contributed by atoms with Crippen LogP contribution in [0.15, 0.2) is 24.3 Å². The summed E-state index contributed by atoms with van der Waals surface area (Å²) in [5.74, 6) is -0.363. The van der Waals surface area contributed by atoms with Gasteiger partial charge in [-0.1, -0.05) is 15.9 Å². The van der Waals surface area contributed by atoms with Gasteiger partial charge in [-0.25, -0.2) is 4.39 Å². The molecule has 1 aromatic carbocycles. The van der Waals surface area contributed by atoms with Crippen molar-refractivity contribution in [2.45, 2.75) is 11.8 Å². The fourth-order valence-corrected chi connectivity index (χ4v) is 1.37. The molecule has 1 atom stereocenters. The number of amides is 1. The van der Waals surface area contributed by atoms with E-state index in [4.69, 9.17) is 0 Å². The Morgan fingerprint density at radius 2 is 1.93 bits per heavy atom. The molecule has 14 heavy (non-hydrogen) atoms. The van der Waals surface area contributed by atoms with Crippen molar-refractivity contribution in [3.8, 4) is 0 Å². The van der Waals surface area contributed by atoms with Crippen LogP contribution in [-0.2, 0) is 4.79 Å². The molecule has 0 fully saturated rings. The highest BCUT2D eigenvalue weighted by atomic mass is 79.9. The normalized spacial score (nSPS) is 12.3. The van der Waals surface area contributed by atoms with Gasteiger partial charge in [0.15, 0.2) is 0 Å². The molecule has 0 aromatic heterocycles. The number of nitrogens with zero attached hydrogens (tertiary/aromatic N) is 1. The van der Waals surface area contributed by atoms with E-state index >= 15 is 0 Å². The van der Waals surface area contributed by atoms with Crippen LogP contribution in [-0.4, -0.2) is 17.8 Å². The molecule has 1 unspecified atom stereocenters. The summed E-state index contributed by atoms with van der Waals surface area (Å²) in [4.78, 5) is 12.8. The summed E-state index contributed by atoms with van der Waals surface area (Å²) in [5.41, 5.74) is 0.683. The predicted molar refractivity (Wildman–Crippen MR) is 58.2 cm³/mol. The molecule has 0 radical (unpaired) electrons. The van der Waals surface area contributed by atoms with Crippen LogP contribution in [0.25, 0.3) is 0 Å². The highest BCUT2D eigenvalue weighted by Gasteiger charge is 2.15. The summed E-state index contributed by atoms with van der Waals surface area (Å²) >= 11 is 3.19. The van der Waals surface area contributed by atoms with Crippen LogP contribution in [0.5, 0.6) is 0 Å². The van der Waals surface area contributed by atoms with Gasteiger partial charge in [0.05, 0.1) is 4.83 Å². The van der Waals surface area contributed by atoms with Crippen LogP contribution in [0, 0.1) is 5.82 Å². The Bertz CT molecular complexity index is 323. The lowest BCUT2D eigenvalue weighted by Gasteiger charge is -2.18. The van der Waals surface area contributed by atoms with E-state index in [-0.39, 0.29) is 16.6 Å². The van der Waals surface area contributed by atoms with E-state index in [1.807, 2.05) is 0 Å². The first kappa shape index (κ1) is 11.2. The lowest BCUT2D eigenvalue weighted by Crippen LogP contribution is -2.31. The summed E-state index contributed by atoms with van der Waals surface area (Å²) in [7, 11) is 1.66. The third-order valence-corrected chi connectivity index (χ3v) is 2.28. The Labute approximate surface area is 90.8 Å². The molecule has 4 heteroatoms. The van der Waals surface area contributed by atoms with E-state index in [1.165, 1.54) is 17.0 Å². The van der Waals surface area contributed by atoms with Gasteiger partial charge in [-0.2, -0.15) is 0 Å². The second-order valence-corrected chi connectivity index (χ2v) is 4.36. The maximum atomic E-state index is 12.6. The van der Waals surface area contributed by atoms with Crippen molar-refractivity contribution < 1.29 is 9.18 Å². The van der Waals surface area contributed by atoms with Crippen molar-refractivity contribution in [2.24, 2.45) is 0 Å². The Balaban J connectivity index is 2.84. The minimum absolute atomic E-state index is 0.0587. The number of carbonyl (C=O) groups excluding carboxylic acids is 1. The summed E-state index contributed by atoms with van der Waals surface area (Å²) in [6.07, 6.45) is 0. The molecule has 0 aliphatic rings. The first-order valence-corrected chi connectivity index (χ1v) is 5.11. The second-order valence-electron chi connectivity index (χ2n) is 2.99. The topological polar surface area (TPSA) is 20.3 Å². The van der Waals surface area contributed by atoms with Gasteiger partial charge in [-0.15, -0.1) is 0 Å². The van der Waals surface area contributed by atoms with Gasteiger partial charge in [0.1, 0.15) is 5.82 Å². The van der Waals surface area contributed by atoms with Crippen LogP contribution < -0.4 is 4.90 Å². The van der Waals surface area contributed by atoms with Gasteiger partial charge >= 0.3 is 0 Å². The molecule has 1 rings (SSSR count). The van der Waals surface area contributed by atoms with Crippen LogP contribution in [0.1, 0.15) is 6.92 Å². The molecule has 0 aliphatic heterocycles. The van der Waals surface area contributed by atoms with Crippen molar-refractivity contribution in [1.29, 1.82) is 0 Å². The Kier molecular flexibility index (Phi) is 3.63. The summed E-state index contributed by atoms with van der Waals surface area (Å²) in [6.45, 7) is 1.75. The van der Waals surface area contributed by atoms with Crippen LogP contribution in [0.4, 0.5) is 10.1 Å². The van der Waals surface area contributed by atoms with Gasteiger partial charge in [0.2, 0.25) is 5.91 Å². The average Bonchev–Trinajstić information content (AvgIpc) is 2.16. The van der Waals surface area contributed by atoms with E-state index in [0.717, 1.165) is 0 Å². The minimum atomic E-state index is -0.304. The monoisotopic (exact) mass is 259 g/mol. The van der Waals surface area contributed by atoms with Crippen molar-refractivity contribution in [3.05, 3.63) is 30.1 Å². The smallest absolute Gasteiger partial charge is 0.240 e. The summed E-state index contributed by atoms with van der Waals surface area (Å²) in [5, 5.41) is 0. The molecule has 76 valence electrons. The number of rotatable bonds is 2. The Hall–Kier alpha value is -0.900. The fraction of sp³-hybridized carbons (Fsp3) is 0.300. The molecule has 1 amide bonds. The Morgan fingerprint density at radius 3 is 2.36 bits per heavy atom. The molecule has 1 aromatic rings. The SMILES string of the molecule is CC(Br)C(=O)N(C)c1ccc(F)cc1. The Morgan fingerprint density at radius 1 is 1.43 bits per heavy atom. The molecule has 0 bridgehead atoms. The highest BCUT2D eigenvalue weighted by molar-refractivity contribution is 9.10. The third-order valence-electron chi connectivity index (χ3n) is 1.88. The van der Waals surface area contributed by atoms with Crippen molar-refractivity contribution in [3.63, 3.8) is 0 Å². The number of hydrogen-bond donors (Lipinski definition) is 0. The third kappa shape index (κ3) is 2.54. The number of alkyl halides is 1. The molecule has 0 N–H and O–H groups in total. The van der Waals surface area contributed by atoms with E-state index in [9.17, 15) is 9.18 Å². The molecular weight excluding hydrogens is 249 g/mol. The first-order chi connectivity index (χ1) is 6.52. The lowest BCUT2D eigenvalue weighted by atomic mass is 10.3. The van der Waals surface area contributed by atoms with Crippen molar-refractivity contribution >= 4 is 27.5 Å². The maximum absolute atomic E-state index is 12.6. The maximum Gasteiger partial charge on any atom is 0.240 e. The fourth-order valence-electron chi connectivity index (χ4n) is 1.06. The van der Waals surface area contributed by atoms with E-state index in [2.05, 4.69) is 15.9 Å².